The molecule has 2 nitrogen and oxygen atoms in total. The SMILES string of the molecule is CC(C)(C)OC(=O)c1cc(Br)cc(-c2cc(Br)c(F)cc2F)c1. The summed E-state index contributed by atoms with van der Waals surface area (Å²) in [5.41, 5.74) is 0.274. The highest BCUT2D eigenvalue weighted by molar-refractivity contribution is 9.10. The fourth-order valence-electron chi connectivity index (χ4n) is 1.94. The van der Waals surface area contributed by atoms with Gasteiger partial charge in [0.05, 0.1) is 10.0 Å². The highest BCUT2D eigenvalue weighted by Crippen LogP contribution is 2.31. The third-order valence-corrected chi connectivity index (χ3v) is 3.92. The molecular formula is C17H14Br2F2O2. The third kappa shape index (κ3) is 4.61. The normalized spacial score (nSPS) is 11.4. The van der Waals surface area contributed by atoms with E-state index in [4.69, 9.17) is 4.74 Å². The summed E-state index contributed by atoms with van der Waals surface area (Å²) in [5, 5.41) is 0. The van der Waals surface area contributed by atoms with E-state index in [9.17, 15) is 13.6 Å². The van der Waals surface area contributed by atoms with E-state index >= 15 is 0 Å². The van der Waals surface area contributed by atoms with E-state index in [0.717, 1.165) is 6.07 Å². The second-order valence-corrected chi connectivity index (χ2v) is 7.75. The molecule has 0 atom stereocenters. The van der Waals surface area contributed by atoms with Crippen LogP contribution in [0.4, 0.5) is 8.78 Å². The summed E-state index contributed by atoms with van der Waals surface area (Å²) >= 11 is 6.34. The Labute approximate surface area is 150 Å². The van der Waals surface area contributed by atoms with Crippen LogP contribution >= 0.6 is 31.9 Å². The van der Waals surface area contributed by atoms with Crippen LogP contribution in [0.15, 0.2) is 39.3 Å². The molecule has 2 rings (SSSR count). The van der Waals surface area contributed by atoms with Crippen LogP contribution in [-0.4, -0.2) is 11.6 Å². The Balaban J connectivity index is 2.50. The van der Waals surface area contributed by atoms with Crippen molar-refractivity contribution in [2.75, 3.05) is 0 Å². The van der Waals surface area contributed by atoms with Crippen molar-refractivity contribution in [3.8, 4) is 11.1 Å². The standard InChI is InChI=1S/C17H14Br2F2O2/c1-17(2,3)23-16(22)10-4-9(5-11(18)6-10)12-7-13(19)15(21)8-14(12)20/h4-8H,1-3H3. The quantitative estimate of drug-likeness (QED) is 0.410. The Kier molecular flexibility index (Phi) is 5.26. The number of carbonyl (C=O) groups is 1. The molecule has 0 aliphatic rings. The van der Waals surface area contributed by atoms with Crippen LogP contribution in [0.5, 0.6) is 0 Å². The lowest BCUT2D eigenvalue weighted by Crippen LogP contribution is -2.23. The molecule has 0 heterocycles. The van der Waals surface area contributed by atoms with E-state index in [-0.39, 0.29) is 15.6 Å². The van der Waals surface area contributed by atoms with E-state index in [2.05, 4.69) is 31.9 Å². The Morgan fingerprint density at radius 1 is 1.00 bits per heavy atom. The number of rotatable bonds is 2. The monoisotopic (exact) mass is 446 g/mol. The maximum absolute atomic E-state index is 14.1. The van der Waals surface area contributed by atoms with Crippen LogP contribution in [0.3, 0.4) is 0 Å². The highest BCUT2D eigenvalue weighted by atomic mass is 79.9. The smallest absolute Gasteiger partial charge is 0.338 e. The van der Waals surface area contributed by atoms with Crippen molar-refractivity contribution in [3.05, 3.63) is 56.5 Å². The maximum atomic E-state index is 14.1. The van der Waals surface area contributed by atoms with Crippen LogP contribution in [0.2, 0.25) is 0 Å². The minimum atomic E-state index is -0.709. The summed E-state index contributed by atoms with van der Waals surface area (Å²) in [5.74, 6) is -1.91. The molecule has 2 aromatic carbocycles. The lowest BCUT2D eigenvalue weighted by molar-refractivity contribution is 0.00695. The molecule has 0 saturated heterocycles. The first-order valence-electron chi connectivity index (χ1n) is 6.76. The molecule has 0 unspecified atom stereocenters. The van der Waals surface area contributed by atoms with Gasteiger partial charge in [0.15, 0.2) is 0 Å². The van der Waals surface area contributed by atoms with Crippen molar-refractivity contribution < 1.29 is 18.3 Å². The van der Waals surface area contributed by atoms with Crippen LogP contribution in [0, 0.1) is 11.6 Å². The molecule has 0 radical (unpaired) electrons. The molecule has 0 spiro atoms. The van der Waals surface area contributed by atoms with E-state index in [1.807, 2.05) is 0 Å². The first kappa shape index (κ1) is 18.1. The molecular weight excluding hydrogens is 434 g/mol. The summed E-state index contributed by atoms with van der Waals surface area (Å²) in [6.07, 6.45) is 0. The minimum absolute atomic E-state index is 0.146. The Bertz CT molecular complexity index is 768. The summed E-state index contributed by atoms with van der Waals surface area (Å²) in [6.45, 7) is 5.29. The Hall–Kier alpha value is -1.27. The van der Waals surface area contributed by atoms with Crippen molar-refractivity contribution in [2.24, 2.45) is 0 Å². The van der Waals surface area contributed by atoms with Gasteiger partial charge in [0.25, 0.3) is 0 Å². The second-order valence-electron chi connectivity index (χ2n) is 5.98. The van der Waals surface area contributed by atoms with E-state index in [1.165, 1.54) is 12.1 Å². The van der Waals surface area contributed by atoms with Crippen LogP contribution in [-0.2, 0) is 4.74 Å². The van der Waals surface area contributed by atoms with Gasteiger partial charge < -0.3 is 4.74 Å². The Morgan fingerprint density at radius 3 is 2.26 bits per heavy atom. The van der Waals surface area contributed by atoms with Crippen molar-refractivity contribution in [2.45, 2.75) is 26.4 Å². The number of hydrogen-bond acceptors (Lipinski definition) is 2. The zero-order valence-electron chi connectivity index (χ0n) is 12.7. The lowest BCUT2D eigenvalue weighted by Gasteiger charge is -2.20. The van der Waals surface area contributed by atoms with Gasteiger partial charge in [-0.2, -0.15) is 0 Å². The zero-order chi connectivity index (χ0) is 17.4. The summed E-state index contributed by atoms with van der Waals surface area (Å²) < 4.78 is 33.5. The Morgan fingerprint density at radius 2 is 1.65 bits per heavy atom. The molecule has 0 N–H and O–H groups in total. The molecule has 0 bridgehead atoms. The van der Waals surface area contributed by atoms with Gasteiger partial charge in [-0.15, -0.1) is 0 Å². The van der Waals surface area contributed by atoms with Gasteiger partial charge in [0.2, 0.25) is 0 Å². The molecule has 23 heavy (non-hydrogen) atoms. The summed E-state index contributed by atoms with van der Waals surface area (Å²) in [4.78, 5) is 12.2. The summed E-state index contributed by atoms with van der Waals surface area (Å²) in [7, 11) is 0. The van der Waals surface area contributed by atoms with Gasteiger partial charge >= 0.3 is 5.97 Å². The molecule has 0 fully saturated rings. The molecule has 0 amide bonds. The second kappa shape index (κ2) is 6.69. The molecule has 6 heteroatoms. The van der Waals surface area contributed by atoms with Crippen molar-refractivity contribution in [3.63, 3.8) is 0 Å². The number of esters is 1. The maximum Gasteiger partial charge on any atom is 0.338 e. The van der Waals surface area contributed by atoms with Gasteiger partial charge in [-0.05, 0) is 66.5 Å². The minimum Gasteiger partial charge on any atom is -0.456 e. The van der Waals surface area contributed by atoms with Gasteiger partial charge in [0.1, 0.15) is 17.2 Å². The number of hydrogen-bond donors (Lipinski definition) is 0. The molecule has 0 aliphatic heterocycles. The fraction of sp³-hybridized carbons (Fsp3) is 0.235. The number of ether oxygens (including phenoxy) is 1. The van der Waals surface area contributed by atoms with Crippen LogP contribution < -0.4 is 0 Å². The number of carbonyl (C=O) groups excluding carboxylic acids is 1. The zero-order valence-corrected chi connectivity index (χ0v) is 15.9. The average Bonchev–Trinajstić information content (AvgIpc) is 2.40. The van der Waals surface area contributed by atoms with Crippen molar-refractivity contribution in [1.82, 2.24) is 0 Å². The van der Waals surface area contributed by atoms with Gasteiger partial charge in [-0.25, -0.2) is 13.6 Å². The topological polar surface area (TPSA) is 26.3 Å². The molecule has 0 saturated carbocycles. The first-order chi connectivity index (χ1) is 10.6. The van der Waals surface area contributed by atoms with Gasteiger partial charge in [-0.3, -0.25) is 0 Å². The van der Waals surface area contributed by atoms with Gasteiger partial charge in [-0.1, -0.05) is 15.9 Å². The van der Waals surface area contributed by atoms with E-state index in [1.54, 1.807) is 32.9 Å². The van der Waals surface area contributed by atoms with Crippen LogP contribution in [0.25, 0.3) is 11.1 Å². The molecule has 122 valence electrons. The first-order valence-corrected chi connectivity index (χ1v) is 8.34. The molecule has 0 aliphatic carbocycles. The van der Waals surface area contributed by atoms with E-state index in [0.29, 0.717) is 10.0 Å². The summed E-state index contributed by atoms with van der Waals surface area (Å²) in [6, 6.07) is 6.89. The molecule has 0 aromatic heterocycles. The highest BCUT2D eigenvalue weighted by Gasteiger charge is 2.19. The number of halogens is 4. The van der Waals surface area contributed by atoms with Crippen LogP contribution in [0.1, 0.15) is 31.1 Å². The lowest BCUT2D eigenvalue weighted by atomic mass is 10.0. The van der Waals surface area contributed by atoms with Crippen molar-refractivity contribution in [1.29, 1.82) is 0 Å². The molecule has 2 aromatic rings. The van der Waals surface area contributed by atoms with E-state index < -0.39 is 23.2 Å². The van der Waals surface area contributed by atoms with Gasteiger partial charge in [0, 0.05) is 16.1 Å². The predicted octanol–water partition coefficient (Wildman–Crippen LogP) is 6.11. The number of benzene rings is 2. The average molecular weight is 448 g/mol. The van der Waals surface area contributed by atoms with Crippen molar-refractivity contribution >= 4 is 37.8 Å². The largest absolute Gasteiger partial charge is 0.456 e. The third-order valence-electron chi connectivity index (χ3n) is 2.85. The fourth-order valence-corrected chi connectivity index (χ4v) is 2.78. The predicted molar refractivity (Wildman–Crippen MR) is 92.4 cm³/mol.